The topological polar surface area (TPSA) is 104 Å². The van der Waals surface area contributed by atoms with Gasteiger partial charge >= 0.3 is 17.6 Å². The molecule has 0 saturated heterocycles. The van der Waals surface area contributed by atoms with Crippen molar-refractivity contribution in [2.75, 3.05) is 13.2 Å². The number of para-hydroxylation sites is 1. The molecule has 3 aromatic heterocycles. The number of esters is 2. The molecule has 0 saturated carbocycles. The SMILES string of the molecule is CCOC(=O)c1c(C(=O)OCC)c2ccccn2c1C(=O)c1cc2ccccc2oc1=O. The van der Waals surface area contributed by atoms with E-state index in [-0.39, 0.29) is 41.1 Å². The standard InChI is InChI=1S/C24H19NO7/c1-3-30-23(28)18-16-10-7-8-12-25(16)20(19(18)24(29)31-4-2)21(26)15-13-14-9-5-6-11-17(14)32-22(15)27/h5-13H,3-4H2,1-2H3. The largest absolute Gasteiger partial charge is 0.462 e. The minimum atomic E-state index is -0.868. The normalized spacial score (nSPS) is 10.9. The Morgan fingerprint density at radius 2 is 1.56 bits per heavy atom. The third-order valence-corrected chi connectivity index (χ3v) is 4.90. The van der Waals surface area contributed by atoms with Gasteiger partial charge in [-0.2, -0.15) is 0 Å². The Balaban J connectivity index is 2.04. The highest BCUT2D eigenvalue weighted by Crippen LogP contribution is 2.28. The summed E-state index contributed by atoms with van der Waals surface area (Å²) in [6, 6.07) is 13.0. The summed E-state index contributed by atoms with van der Waals surface area (Å²) in [5.41, 5.74) is -1.05. The predicted molar refractivity (Wildman–Crippen MR) is 115 cm³/mol. The van der Waals surface area contributed by atoms with Crippen molar-refractivity contribution in [2.24, 2.45) is 0 Å². The van der Waals surface area contributed by atoms with Crippen molar-refractivity contribution in [3.05, 3.63) is 87.5 Å². The zero-order valence-electron chi connectivity index (χ0n) is 17.4. The van der Waals surface area contributed by atoms with Crippen LogP contribution in [0.15, 0.2) is 63.9 Å². The number of ether oxygens (including phenoxy) is 2. The first-order chi connectivity index (χ1) is 15.5. The summed E-state index contributed by atoms with van der Waals surface area (Å²) in [5, 5.41) is 0.541. The van der Waals surface area contributed by atoms with Crippen LogP contribution < -0.4 is 5.63 Å². The summed E-state index contributed by atoms with van der Waals surface area (Å²) < 4.78 is 17.0. The zero-order valence-corrected chi connectivity index (χ0v) is 17.4. The Morgan fingerprint density at radius 1 is 0.906 bits per heavy atom. The molecule has 0 fully saturated rings. The molecule has 4 rings (SSSR count). The third kappa shape index (κ3) is 3.45. The molecular formula is C24H19NO7. The first kappa shape index (κ1) is 21.0. The number of rotatable bonds is 6. The van der Waals surface area contributed by atoms with E-state index in [9.17, 15) is 19.2 Å². The monoisotopic (exact) mass is 433 g/mol. The lowest BCUT2D eigenvalue weighted by Gasteiger charge is -2.07. The van der Waals surface area contributed by atoms with Gasteiger partial charge in [0.15, 0.2) is 0 Å². The van der Waals surface area contributed by atoms with Crippen LogP contribution in [0, 0.1) is 0 Å². The number of hydrogen-bond acceptors (Lipinski definition) is 7. The number of benzene rings is 1. The number of carbonyl (C=O) groups excluding carboxylic acids is 3. The van der Waals surface area contributed by atoms with Gasteiger partial charge in [-0.1, -0.05) is 24.3 Å². The molecule has 8 heteroatoms. The molecule has 0 aliphatic heterocycles. The highest BCUT2D eigenvalue weighted by atomic mass is 16.5. The van der Waals surface area contributed by atoms with Crippen LogP contribution in [0.1, 0.15) is 50.6 Å². The summed E-state index contributed by atoms with van der Waals surface area (Å²) in [5.74, 6) is -2.42. The molecule has 0 aliphatic rings. The van der Waals surface area contributed by atoms with Crippen LogP contribution in [0.2, 0.25) is 0 Å². The maximum atomic E-state index is 13.6. The second-order valence-electron chi connectivity index (χ2n) is 6.81. The van der Waals surface area contributed by atoms with E-state index in [1.54, 1.807) is 56.3 Å². The Hall–Kier alpha value is -4.20. The highest BCUT2D eigenvalue weighted by molar-refractivity contribution is 6.20. The first-order valence-electron chi connectivity index (χ1n) is 10.0. The van der Waals surface area contributed by atoms with Crippen molar-refractivity contribution >= 4 is 34.2 Å². The maximum Gasteiger partial charge on any atom is 0.347 e. The lowest BCUT2D eigenvalue weighted by atomic mass is 10.0. The van der Waals surface area contributed by atoms with Crippen molar-refractivity contribution < 1.29 is 28.3 Å². The Morgan fingerprint density at radius 3 is 2.28 bits per heavy atom. The van der Waals surface area contributed by atoms with E-state index >= 15 is 0 Å². The zero-order chi connectivity index (χ0) is 22.8. The number of carbonyl (C=O) groups is 3. The van der Waals surface area contributed by atoms with Gasteiger partial charge in [-0.05, 0) is 38.1 Å². The Bertz CT molecular complexity index is 1430. The molecule has 0 amide bonds. The van der Waals surface area contributed by atoms with E-state index in [4.69, 9.17) is 13.9 Å². The van der Waals surface area contributed by atoms with E-state index in [1.165, 1.54) is 16.7 Å². The fraction of sp³-hybridized carbons (Fsp3) is 0.167. The molecule has 1 aromatic carbocycles. The number of nitrogens with zero attached hydrogens (tertiary/aromatic N) is 1. The van der Waals surface area contributed by atoms with Gasteiger partial charge in [0, 0.05) is 11.6 Å². The minimum Gasteiger partial charge on any atom is -0.462 e. The van der Waals surface area contributed by atoms with Crippen LogP contribution in [0.5, 0.6) is 0 Å². The smallest absolute Gasteiger partial charge is 0.347 e. The molecule has 0 atom stereocenters. The van der Waals surface area contributed by atoms with Crippen LogP contribution in [0.25, 0.3) is 16.5 Å². The predicted octanol–water partition coefficient (Wildman–Crippen LogP) is 3.63. The molecule has 3 heterocycles. The number of pyridine rings is 1. The van der Waals surface area contributed by atoms with Crippen LogP contribution in [-0.2, 0) is 9.47 Å². The van der Waals surface area contributed by atoms with Crippen LogP contribution in [0.3, 0.4) is 0 Å². The van der Waals surface area contributed by atoms with E-state index in [0.717, 1.165) is 0 Å². The molecule has 32 heavy (non-hydrogen) atoms. The summed E-state index contributed by atoms with van der Waals surface area (Å²) in [6.07, 6.45) is 1.52. The quantitative estimate of drug-likeness (QED) is 0.260. The summed E-state index contributed by atoms with van der Waals surface area (Å²) in [6.45, 7) is 3.34. The van der Waals surface area contributed by atoms with Crippen molar-refractivity contribution in [3.8, 4) is 0 Å². The lowest BCUT2D eigenvalue weighted by Crippen LogP contribution is -2.20. The van der Waals surface area contributed by atoms with Gasteiger partial charge in [-0.15, -0.1) is 0 Å². The highest BCUT2D eigenvalue weighted by Gasteiger charge is 2.34. The molecule has 0 unspecified atom stereocenters. The summed E-state index contributed by atoms with van der Waals surface area (Å²) in [4.78, 5) is 51.9. The second kappa shape index (κ2) is 8.50. The maximum absolute atomic E-state index is 13.6. The van der Waals surface area contributed by atoms with Crippen molar-refractivity contribution in [1.29, 1.82) is 0 Å². The molecular weight excluding hydrogens is 414 g/mol. The van der Waals surface area contributed by atoms with Crippen LogP contribution >= 0.6 is 0 Å². The van der Waals surface area contributed by atoms with Crippen LogP contribution in [0.4, 0.5) is 0 Å². The Kier molecular flexibility index (Phi) is 5.59. The number of ketones is 1. The molecule has 8 nitrogen and oxygen atoms in total. The average Bonchev–Trinajstić information content (AvgIpc) is 3.14. The van der Waals surface area contributed by atoms with Crippen LogP contribution in [-0.4, -0.2) is 35.3 Å². The van der Waals surface area contributed by atoms with Crippen molar-refractivity contribution in [1.82, 2.24) is 4.40 Å². The van der Waals surface area contributed by atoms with Gasteiger partial charge in [-0.25, -0.2) is 14.4 Å². The molecule has 0 spiro atoms. The lowest BCUT2D eigenvalue weighted by molar-refractivity contribution is 0.0480. The molecule has 0 radical (unpaired) electrons. The van der Waals surface area contributed by atoms with E-state index in [0.29, 0.717) is 11.0 Å². The van der Waals surface area contributed by atoms with Gasteiger partial charge in [0.1, 0.15) is 28.0 Å². The van der Waals surface area contributed by atoms with Gasteiger partial charge in [0.05, 0.1) is 18.7 Å². The van der Waals surface area contributed by atoms with Crippen molar-refractivity contribution in [2.45, 2.75) is 13.8 Å². The van der Waals surface area contributed by atoms with Crippen molar-refractivity contribution in [3.63, 3.8) is 0 Å². The molecule has 0 aliphatic carbocycles. The Labute approximate surface area is 182 Å². The third-order valence-electron chi connectivity index (χ3n) is 4.90. The average molecular weight is 433 g/mol. The van der Waals surface area contributed by atoms with E-state index < -0.39 is 23.3 Å². The van der Waals surface area contributed by atoms with Gasteiger partial charge in [-0.3, -0.25) is 4.79 Å². The van der Waals surface area contributed by atoms with Gasteiger partial charge in [0.2, 0.25) is 5.78 Å². The fourth-order valence-corrected chi connectivity index (χ4v) is 3.59. The van der Waals surface area contributed by atoms with E-state index in [1.807, 2.05) is 0 Å². The van der Waals surface area contributed by atoms with Gasteiger partial charge < -0.3 is 18.3 Å². The fourth-order valence-electron chi connectivity index (χ4n) is 3.59. The number of aromatic nitrogens is 1. The minimum absolute atomic E-state index is 0.0268. The summed E-state index contributed by atoms with van der Waals surface area (Å²) >= 11 is 0. The molecule has 4 aromatic rings. The second-order valence-corrected chi connectivity index (χ2v) is 6.81. The summed E-state index contributed by atoms with van der Waals surface area (Å²) in [7, 11) is 0. The van der Waals surface area contributed by atoms with E-state index in [2.05, 4.69) is 0 Å². The molecule has 0 bridgehead atoms. The molecule has 0 N–H and O–H groups in total. The van der Waals surface area contributed by atoms with Gasteiger partial charge in [0.25, 0.3) is 0 Å². The number of hydrogen-bond donors (Lipinski definition) is 0. The molecule has 162 valence electrons. The number of fused-ring (bicyclic) bond motifs is 2. The first-order valence-corrected chi connectivity index (χ1v) is 10.0.